The Bertz CT molecular complexity index is 805. The van der Waals surface area contributed by atoms with Crippen LogP contribution in [0.2, 0.25) is 0 Å². The van der Waals surface area contributed by atoms with Crippen molar-refractivity contribution >= 4 is 17.7 Å². The van der Waals surface area contributed by atoms with Gasteiger partial charge in [0, 0.05) is 19.1 Å². The van der Waals surface area contributed by atoms with Gasteiger partial charge in [0.1, 0.15) is 5.82 Å². The molecule has 1 aromatic heterocycles. The van der Waals surface area contributed by atoms with E-state index in [1.165, 1.54) is 24.2 Å². The molecule has 1 aromatic carbocycles. The van der Waals surface area contributed by atoms with E-state index in [9.17, 15) is 9.18 Å². The van der Waals surface area contributed by atoms with Gasteiger partial charge in [-0.05, 0) is 43.7 Å². The van der Waals surface area contributed by atoms with Crippen LogP contribution < -0.4 is 0 Å². The number of benzene rings is 1. The van der Waals surface area contributed by atoms with Crippen LogP contribution in [0.15, 0.2) is 29.4 Å². The average Bonchev–Trinajstić information content (AvgIpc) is 3.40. The van der Waals surface area contributed by atoms with Crippen molar-refractivity contribution in [3.05, 3.63) is 30.1 Å². The zero-order chi connectivity index (χ0) is 18.1. The highest BCUT2D eigenvalue weighted by atomic mass is 32.2. The molecular formula is C19H23FN4OS. The first kappa shape index (κ1) is 17.5. The number of rotatable bonds is 5. The van der Waals surface area contributed by atoms with Crippen LogP contribution in [0.25, 0.3) is 11.4 Å². The van der Waals surface area contributed by atoms with E-state index in [1.807, 2.05) is 9.47 Å². The van der Waals surface area contributed by atoms with Crippen LogP contribution in [0, 0.1) is 11.7 Å². The zero-order valence-corrected chi connectivity index (χ0v) is 15.7. The fraction of sp³-hybridized carbons (Fsp3) is 0.526. The minimum atomic E-state index is -0.295. The van der Waals surface area contributed by atoms with Crippen molar-refractivity contribution in [2.75, 3.05) is 18.8 Å². The molecule has 1 amide bonds. The second-order valence-electron chi connectivity index (χ2n) is 7.26. The number of nitrogens with zero attached hydrogens (tertiary/aromatic N) is 4. The first-order valence-corrected chi connectivity index (χ1v) is 10.2. The van der Waals surface area contributed by atoms with Crippen LogP contribution in [0.3, 0.4) is 0 Å². The number of piperidine rings is 1. The molecule has 1 aliphatic carbocycles. The van der Waals surface area contributed by atoms with Crippen LogP contribution >= 0.6 is 11.8 Å². The summed E-state index contributed by atoms with van der Waals surface area (Å²) >= 11 is 1.42. The summed E-state index contributed by atoms with van der Waals surface area (Å²) in [5, 5.41) is 9.22. The maximum atomic E-state index is 14.2. The molecule has 2 heterocycles. The summed E-state index contributed by atoms with van der Waals surface area (Å²) in [7, 11) is 0. The van der Waals surface area contributed by atoms with Gasteiger partial charge in [0.15, 0.2) is 11.0 Å². The molecule has 2 aromatic rings. The number of amides is 1. The molecule has 1 saturated heterocycles. The molecule has 1 aliphatic heterocycles. The predicted octanol–water partition coefficient (Wildman–Crippen LogP) is 3.77. The predicted molar refractivity (Wildman–Crippen MR) is 99.4 cm³/mol. The van der Waals surface area contributed by atoms with Crippen LogP contribution in [-0.2, 0) is 4.79 Å². The minimum Gasteiger partial charge on any atom is -0.342 e. The van der Waals surface area contributed by atoms with E-state index in [-0.39, 0.29) is 11.7 Å². The van der Waals surface area contributed by atoms with Gasteiger partial charge in [-0.3, -0.25) is 9.36 Å². The van der Waals surface area contributed by atoms with Gasteiger partial charge in [-0.1, -0.05) is 30.8 Å². The third-order valence-electron chi connectivity index (χ3n) is 5.03. The Morgan fingerprint density at radius 3 is 2.81 bits per heavy atom. The topological polar surface area (TPSA) is 51.0 Å². The Balaban J connectivity index is 1.51. The maximum Gasteiger partial charge on any atom is 0.233 e. The third-order valence-corrected chi connectivity index (χ3v) is 5.95. The quantitative estimate of drug-likeness (QED) is 0.748. The van der Waals surface area contributed by atoms with Crippen molar-refractivity contribution in [2.24, 2.45) is 5.92 Å². The molecular weight excluding hydrogens is 351 g/mol. The summed E-state index contributed by atoms with van der Waals surface area (Å²) in [6, 6.07) is 6.96. The normalized spacial score (nSPS) is 20.4. The summed E-state index contributed by atoms with van der Waals surface area (Å²) in [5.74, 6) is 1.35. The Morgan fingerprint density at radius 2 is 2.08 bits per heavy atom. The second kappa shape index (κ2) is 7.39. The monoisotopic (exact) mass is 374 g/mol. The maximum absolute atomic E-state index is 14.2. The number of halogens is 1. The number of likely N-dealkylation sites (tertiary alicyclic amines) is 1. The molecule has 0 N–H and O–H groups in total. The Labute approximate surface area is 157 Å². The highest BCUT2D eigenvalue weighted by molar-refractivity contribution is 7.99. The number of hydrogen-bond acceptors (Lipinski definition) is 4. The number of carbonyl (C=O) groups is 1. The van der Waals surface area contributed by atoms with Crippen LogP contribution in [-0.4, -0.2) is 44.4 Å². The van der Waals surface area contributed by atoms with Gasteiger partial charge < -0.3 is 4.90 Å². The molecule has 1 saturated carbocycles. The van der Waals surface area contributed by atoms with E-state index in [0.717, 1.165) is 32.4 Å². The molecule has 0 radical (unpaired) electrons. The number of hydrogen-bond donors (Lipinski definition) is 0. The Hall–Kier alpha value is -1.89. The van der Waals surface area contributed by atoms with E-state index < -0.39 is 0 Å². The summed E-state index contributed by atoms with van der Waals surface area (Å²) in [6.45, 7) is 3.88. The van der Waals surface area contributed by atoms with E-state index in [4.69, 9.17) is 0 Å². The lowest BCUT2D eigenvalue weighted by molar-refractivity contribution is -0.130. The van der Waals surface area contributed by atoms with Crippen LogP contribution in [0.1, 0.15) is 38.6 Å². The molecule has 5 nitrogen and oxygen atoms in total. The first-order chi connectivity index (χ1) is 12.6. The van der Waals surface area contributed by atoms with Crippen LogP contribution in [0.5, 0.6) is 0 Å². The fourth-order valence-electron chi connectivity index (χ4n) is 3.50. The van der Waals surface area contributed by atoms with E-state index >= 15 is 0 Å². The lowest BCUT2D eigenvalue weighted by Crippen LogP contribution is -2.40. The van der Waals surface area contributed by atoms with E-state index in [1.54, 1.807) is 18.2 Å². The average molecular weight is 374 g/mol. The lowest BCUT2D eigenvalue weighted by Gasteiger charge is -2.30. The van der Waals surface area contributed by atoms with Gasteiger partial charge in [0.25, 0.3) is 0 Å². The van der Waals surface area contributed by atoms with Crippen molar-refractivity contribution in [2.45, 2.75) is 43.8 Å². The molecule has 0 spiro atoms. The van der Waals surface area contributed by atoms with Crippen molar-refractivity contribution in [1.82, 2.24) is 19.7 Å². The van der Waals surface area contributed by atoms with Crippen molar-refractivity contribution in [3.8, 4) is 11.4 Å². The summed E-state index contributed by atoms with van der Waals surface area (Å²) in [5.41, 5.74) is 0.468. The van der Waals surface area contributed by atoms with Gasteiger partial charge in [-0.2, -0.15) is 0 Å². The third kappa shape index (κ3) is 3.63. The van der Waals surface area contributed by atoms with E-state index in [2.05, 4.69) is 17.1 Å². The molecule has 0 unspecified atom stereocenters. The molecule has 138 valence electrons. The second-order valence-corrected chi connectivity index (χ2v) is 8.21. The molecule has 7 heteroatoms. The number of carbonyl (C=O) groups excluding carboxylic acids is 1. The van der Waals surface area contributed by atoms with Gasteiger partial charge in [-0.15, -0.1) is 10.2 Å². The largest absolute Gasteiger partial charge is 0.342 e. The minimum absolute atomic E-state index is 0.152. The van der Waals surface area contributed by atoms with Crippen molar-refractivity contribution < 1.29 is 9.18 Å². The van der Waals surface area contributed by atoms with Gasteiger partial charge >= 0.3 is 0 Å². The van der Waals surface area contributed by atoms with Gasteiger partial charge in [0.05, 0.1) is 11.3 Å². The van der Waals surface area contributed by atoms with E-state index in [0.29, 0.717) is 34.3 Å². The Kier molecular flexibility index (Phi) is 4.98. The molecule has 0 bridgehead atoms. The molecule has 2 fully saturated rings. The van der Waals surface area contributed by atoms with Crippen LogP contribution in [0.4, 0.5) is 4.39 Å². The highest BCUT2D eigenvalue weighted by Gasteiger charge is 2.31. The fourth-order valence-corrected chi connectivity index (χ4v) is 4.41. The van der Waals surface area contributed by atoms with Gasteiger partial charge in [-0.25, -0.2) is 4.39 Å². The highest BCUT2D eigenvalue weighted by Crippen LogP contribution is 2.41. The summed E-state index contributed by atoms with van der Waals surface area (Å²) in [4.78, 5) is 14.5. The van der Waals surface area contributed by atoms with Crippen molar-refractivity contribution in [1.29, 1.82) is 0 Å². The zero-order valence-electron chi connectivity index (χ0n) is 14.9. The molecule has 4 rings (SSSR count). The number of aromatic nitrogens is 3. The first-order valence-electron chi connectivity index (χ1n) is 9.24. The smallest absolute Gasteiger partial charge is 0.233 e. The molecule has 2 aliphatic rings. The summed E-state index contributed by atoms with van der Waals surface area (Å²) < 4.78 is 16.2. The van der Waals surface area contributed by atoms with Gasteiger partial charge in [0.2, 0.25) is 5.91 Å². The molecule has 26 heavy (non-hydrogen) atoms. The number of thioether (sulfide) groups is 1. The SMILES string of the molecule is C[C@H]1CCCN(C(=O)CSc2nnc(-c3ccccc3F)n2C2CC2)C1. The summed E-state index contributed by atoms with van der Waals surface area (Å²) in [6.07, 6.45) is 4.36. The standard InChI is InChI=1S/C19H23FN4OS/c1-13-5-4-10-23(11-13)17(25)12-26-19-22-21-18(24(19)14-8-9-14)15-6-2-3-7-16(15)20/h2-3,6-7,13-14H,4-5,8-12H2,1H3/t13-/m0/s1. The lowest BCUT2D eigenvalue weighted by atomic mass is 10.0. The molecule has 1 atom stereocenters. The van der Waals surface area contributed by atoms with Crippen molar-refractivity contribution in [3.63, 3.8) is 0 Å². The Morgan fingerprint density at radius 1 is 1.27 bits per heavy atom.